The Morgan fingerprint density at radius 2 is 1.49 bits per heavy atom. The highest BCUT2D eigenvalue weighted by molar-refractivity contribution is 5.92. The second-order valence-electron chi connectivity index (χ2n) is 9.47. The first-order valence-corrected chi connectivity index (χ1v) is 13.6. The maximum Gasteiger partial charge on any atom is 0.336 e. The van der Waals surface area contributed by atoms with Crippen LogP contribution in [0.15, 0.2) is 66.7 Å². The van der Waals surface area contributed by atoms with Crippen molar-refractivity contribution >= 4 is 35.4 Å². The summed E-state index contributed by atoms with van der Waals surface area (Å²) in [5.41, 5.74) is 13.7. The van der Waals surface area contributed by atoms with Gasteiger partial charge in [-0.1, -0.05) is 38.3 Å². The van der Waals surface area contributed by atoms with Crippen LogP contribution in [0.5, 0.6) is 17.2 Å². The van der Waals surface area contributed by atoms with E-state index in [1.54, 1.807) is 60.7 Å². The first kappa shape index (κ1) is 30.7. The number of aromatic carboxylic acids is 1. The molecule has 9 heteroatoms. The molecule has 0 unspecified atom stereocenters. The van der Waals surface area contributed by atoms with E-state index in [0.29, 0.717) is 60.1 Å². The Hall–Kier alpha value is -4.79. The fraction of sp³-hybridized carbons (Fsp3) is 0.281. The molecule has 0 atom stereocenters. The van der Waals surface area contributed by atoms with Crippen LogP contribution in [0.4, 0.5) is 11.4 Å². The van der Waals surface area contributed by atoms with Gasteiger partial charge in [-0.2, -0.15) is 0 Å². The van der Waals surface area contributed by atoms with E-state index < -0.39 is 11.9 Å². The number of benzene rings is 3. The normalized spacial score (nSPS) is 10.9. The van der Waals surface area contributed by atoms with Crippen molar-refractivity contribution in [1.29, 1.82) is 0 Å². The van der Waals surface area contributed by atoms with Gasteiger partial charge >= 0.3 is 17.9 Å². The predicted octanol–water partition coefficient (Wildman–Crippen LogP) is 6.06. The topological polar surface area (TPSA) is 151 Å². The van der Waals surface area contributed by atoms with E-state index in [2.05, 4.69) is 6.92 Å². The number of ether oxygens (including phenoxy) is 3. The number of esters is 2. The van der Waals surface area contributed by atoms with Gasteiger partial charge < -0.3 is 30.8 Å². The Morgan fingerprint density at radius 3 is 2.15 bits per heavy atom. The number of carboxylic acid groups (broad SMARTS) is 1. The fourth-order valence-corrected chi connectivity index (χ4v) is 4.07. The average molecular weight is 561 g/mol. The zero-order valence-electron chi connectivity index (χ0n) is 23.1. The Kier molecular flexibility index (Phi) is 11.8. The third-order valence-electron chi connectivity index (χ3n) is 6.18. The molecule has 3 aromatic carbocycles. The van der Waals surface area contributed by atoms with E-state index in [1.807, 2.05) is 0 Å². The molecule has 0 aliphatic rings. The van der Waals surface area contributed by atoms with Crippen molar-refractivity contribution in [2.45, 2.75) is 51.9 Å². The van der Waals surface area contributed by atoms with E-state index in [-0.39, 0.29) is 11.5 Å². The Morgan fingerprint density at radius 1 is 0.829 bits per heavy atom. The summed E-state index contributed by atoms with van der Waals surface area (Å²) in [7, 11) is 0. The molecule has 0 heterocycles. The monoisotopic (exact) mass is 560 g/mol. The van der Waals surface area contributed by atoms with Crippen LogP contribution in [0, 0.1) is 0 Å². The van der Waals surface area contributed by atoms with Crippen LogP contribution < -0.4 is 25.7 Å². The van der Waals surface area contributed by atoms with Gasteiger partial charge in [0.15, 0.2) is 0 Å². The summed E-state index contributed by atoms with van der Waals surface area (Å²) in [5, 5.41) is 9.41. The summed E-state index contributed by atoms with van der Waals surface area (Å²) >= 11 is 0. The molecule has 41 heavy (non-hydrogen) atoms. The number of nitrogen functional groups attached to an aromatic ring is 2. The lowest BCUT2D eigenvalue weighted by molar-refractivity contribution is -0.134. The van der Waals surface area contributed by atoms with E-state index >= 15 is 0 Å². The third-order valence-corrected chi connectivity index (χ3v) is 6.18. The molecule has 9 nitrogen and oxygen atoms in total. The SMILES string of the molecule is CCCCCCC(=O)Oc1ccc(OC(=O)/C=C/c2ccc(OCCCc3c(N)cc(N)cc3C(=O)O)cc2)cc1. The van der Waals surface area contributed by atoms with Crippen molar-refractivity contribution in [2.24, 2.45) is 0 Å². The standard InChI is InChI=1S/C32H36N2O7/c1-2-3-4-5-8-30(35)40-25-14-16-26(17-15-25)41-31(36)18-11-22-9-12-24(13-10-22)39-19-6-7-27-28(32(37)38)20-23(33)21-29(27)34/h9-18,20-21H,2-8,19,33-34H2,1H3,(H,37,38)/b18-11+. The first-order valence-electron chi connectivity index (χ1n) is 13.6. The third kappa shape index (κ3) is 10.4. The van der Waals surface area contributed by atoms with Crippen LogP contribution in [0.2, 0.25) is 0 Å². The van der Waals surface area contributed by atoms with E-state index in [1.165, 1.54) is 12.1 Å². The quantitative estimate of drug-likeness (QED) is 0.0662. The number of hydrogen-bond donors (Lipinski definition) is 3. The van der Waals surface area contributed by atoms with Gasteiger partial charge in [0.1, 0.15) is 17.2 Å². The molecular formula is C32H36N2O7. The van der Waals surface area contributed by atoms with E-state index in [4.69, 9.17) is 25.7 Å². The molecular weight excluding hydrogens is 524 g/mol. The highest BCUT2D eigenvalue weighted by Gasteiger charge is 2.14. The number of nitrogens with two attached hydrogens (primary N) is 2. The molecule has 5 N–H and O–H groups in total. The fourth-order valence-electron chi connectivity index (χ4n) is 4.07. The summed E-state index contributed by atoms with van der Waals surface area (Å²) in [6.07, 6.45) is 8.34. The molecule has 3 aromatic rings. The van der Waals surface area contributed by atoms with Gasteiger partial charge in [-0.25, -0.2) is 9.59 Å². The maximum absolute atomic E-state index is 12.2. The smallest absolute Gasteiger partial charge is 0.336 e. The number of carboxylic acids is 1. The van der Waals surface area contributed by atoms with Crippen molar-refractivity contribution in [2.75, 3.05) is 18.1 Å². The van der Waals surface area contributed by atoms with Crippen LogP contribution in [0.3, 0.4) is 0 Å². The molecule has 0 spiro atoms. The van der Waals surface area contributed by atoms with Gasteiger partial charge in [-0.3, -0.25) is 4.79 Å². The highest BCUT2D eigenvalue weighted by atomic mass is 16.5. The van der Waals surface area contributed by atoms with Crippen LogP contribution in [0.1, 0.15) is 66.9 Å². The van der Waals surface area contributed by atoms with E-state index in [9.17, 15) is 19.5 Å². The minimum absolute atomic E-state index is 0.100. The lowest BCUT2D eigenvalue weighted by atomic mass is 10.00. The lowest BCUT2D eigenvalue weighted by Crippen LogP contribution is -2.09. The molecule has 0 amide bonds. The molecule has 0 aromatic heterocycles. The number of rotatable bonds is 15. The minimum Gasteiger partial charge on any atom is -0.494 e. The number of unbranched alkanes of at least 4 members (excludes halogenated alkanes) is 3. The molecule has 0 fully saturated rings. The molecule has 0 saturated heterocycles. The zero-order valence-corrected chi connectivity index (χ0v) is 23.1. The number of hydrogen-bond acceptors (Lipinski definition) is 8. The van der Waals surface area contributed by atoms with Crippen LogP contribution in [-0.4, -0.2) is 29.6 Å². The molecule has 0 aliphatic carbocycles. The molecule has 3 rings (SSSR count). The van der Waals surface area contributed by atoms with Gasteiger partial charge in [0.05, 0.1) is 12.2 Å². The van der Waals surface area contributed by atoms with Crippen LogP contribution in [-0.2, 0) is 16.0 Å². The number of carbonyl (C=O) groups excluding carboxylic acids is 2. The van der Waals surface area contributed by atoms with Crippen molar-refractivity contribution in [3.8, 4) is 17.2 Å². The first-order chi connectivity index (χ1) is 19.7. The molecule has 0 saturated carbocycles. The van der Waals surface area contributed by atoms with Crippen LogP contribution >= 0.6 is 0 Å². The maximum atomic E-state index is 12.2. The second kappa shape index (κ2) is 15.7. The molecule has 216 valence electrons. The number of anilines is 2. The van der Waals surface area contributed by atoms with Crippen molar-refractivity contribution in [3.63, 3.8) is 0 Å². The average Bonchev–Trinajstić information content (AvgIpc) is 2.94. The van der Waals surface area contributed by atoms with Gasteiger partial charge in [0.25, 0.3) is 0 Å². The minimum atomic E-state index is -1.07. The second-order valence-corrected chi connectivity index (χ2v) is 9.47. The molecule has 0 bridgehead atoms. The lowest BCUT2D eigenvalue weighted by Gasteiger charge is -2.11. The van der Waals surface area contributed by atoms with Crippen LogP contribution in [0.25, 0.3) is 6.08 Å². The Balaban J connectivity index is 1.41. The van der Waals surface area contributed by atoms with Gasteiger partial charge in [0, 0.05) is 23.9 Å². The summed E-state index contributed by atoms with van der Waals surface area (Å²) in [6, 6.07) is 16.4. The van der Waals surface area contributed by atoms with E-state index in [0.717, 1.165) is 31.2 Å². The summed E-state index contributed by atoms with van der Waals surface area (Å²) in [5.74, 6) is -0.520. The van der Waals surface area contributed by atoms with Gasteiger partial charge in [-0.15, -0.1) is 0 Å². The number of carbonyl (C=O) groups is 3. The summed E-state index contributed by atoms with van der Waals surface area (Å²) in [4.78, 5) is 35.6. The summed E-state index contributed by atoms with van der Waals surface area (Å²) in [6.45, 7) is 2.48. The zero-order chi connectivity index (χ0) is 29.6. The molecule has 0 radical (unpaired) electrons. The largest absolute Gasteiger partial charge is 0.494 e. The Labute approximate surface area is 239 Å². The Bertz CT molecular complexity index is 1350. The van der Waals surface area contributed by atoms with Gasteiger partial charge in [0.2, 0.25) is 0 Å². The van der Waals surface area contributed by atoms with Gasteiger partial charge in [-0.05, 0) is 85.0 Å². The van der Waals surface area contributed by atoms with Crippen molar-refractivity contribution < 1.29 is 33.7 Å². The predicted molar refractivity (Wildman–Crippen MR) is 158 cm³/mol. The van der Waals surface area contributed by atoms with Crippen molar-refractivity contribution in [3.05, 3.63) is 83.4 Å². The van der Waals surface area contributed by atoms with Crippen molar-refractivity contribution in [1.82, 2.24) is 0 Å². The summed E-state index contributed by atoms with van der Waals surface area (Å²) < 4.78 is 16.4. The highest BCUT2D eigenvalue weighted by Crippen LogP contribution is 2.24. The molecule has 0 aliphatic heterocycles.